The van der Waals surface area contributed by atoms with Crippen molar-refractivity contribution >= 4 is 16.9 Å². The van der Waals surface area contributed by atoms with E-state index >= 15 is 0 Å². The van der Waals surface area contributed by atoms with Gasteiger partial charge in [-0.3, -0.25) is 5.10 Å². The fourth-order valence-electron chi connectivity index (χ4n) is 1.15. The molecule has 4 N–H and O–H groups in total. The highest BCUT2D eigenvalue weighted by Gasteiger charge is 2.07. The van der Waals surface area contributed by atoms with Crippen molar-refractivity contribution < 1.29 is 15.4 Å². The Morgan fingerprint density at radius 2 is 2.23 bits per heavy atom. The zero-order valence-corrected chi connectivity index (χ0v) is 6.61. The molecule has 0 atom stereocenters. The van der Waals surface area contributed by atoms with E-state index in [-0.39, 0.29) is 11.0 Å². The molecule has 5 nitrogen and oxygen atoms in total. The number of aromatic nitrogens is 2. The molecule has 13 heavy (non-hydrogen) atoms. The molecule has 68 valence electrons. The number of carboxylic acids is 1. The van der Waals surface area contributed by atoms with Gasteiger partial charge in [0.15, 0.2) is 0 Å². The molecule has 0 amide bonds. The first-order valence-corrected chi connectivity index (χ1v) is 3.44. The average molecular weight is 180 g/mol. The second kappa shape index (κ2) is 3.24. The van der Waals surface area contributed by atoms with E-state index in [1.54, 1.807) is 18.2 Å². The Hall–Kier alpha value is -1.88. The first-order valence-electron chi connectivity index (χ1n) is 3.44. The van der Waals surface area contributed by atoms with E-state index < -0.39 is 5.97 Å². The normalized spacial score (nSPS) is 9.54. The zero-order chi connectivity index (χ0) is 8.55. The van der Waals surface area contributed by atoms with Gasteiger partial charge in [0.1, 0.15) is 0 Å². The summed E-state index contributed by atoms with van der Waals surface area (Å²) in [4.78, 5) is 10.7. The SMILES string of the molecule is O.O=C(O)c1cccc2[nH]ncc12. The lowest BCUT2D eigenvalue weighted by atomic mass is 10.1. The Kier molecular flexibility index (Phi) is 2.29. The summed E-state index contributed by atoms with van der Waals surface area (Å²) in [5.41, 5.74) is 1.02. The molecule has 5 heteroatoms. The zero-order valence-electron chi connectivity index (χ0n) is 6.61. The van der Waals surface area contributed by atoms with Gasteiger partial charge in [0, 0.05) is 5.39 Å². The number of aromatic carboxylic acids is 1. The summed E-state index contributed by atoms with van der Waals surface area (Å²) in [6.07, 6.45) is 1.51. The maximum absolute atomic E-state index is 10.7. The number of fused-ring (bicyclic) bond motifs is 1. The van der Waals surface area contributed by atoms with Gasteiger partial charge in [-0.05, 0) is 12.1 Å². The van der Waals surface area contributed by atoms with Gasteiger partial charge in [0.25, 0.3) is 0 Å². The lowest BCUT2D eigenvalue weighted by Gasteiger charge is -1.93. The molecule has 1 heterocycles. The standard InChI is InChI=1S/C8H6N2O2.H2O/c11-8(12)5-2-1-3-7-6(5)4-9-10-7;/h1-4H,(H,9,10)(H,11,12);1H2. The van der Waals surface area contributed by atoms with Crippen LogP contribution < -0.4 is 0 Å². The molecule has 2 rings (SSSR count). The molecule has 0 fully saturated rings. The maximum atomic E-state index is 10.7. The van der Waals surface area contributed by atoms with E-state index in [0.717, 1.165) is 5.52 Å². The van der Waals surface area contributed by atoms with E-state index in [1.807, 2.05) is 0 Å². The molecular formula is C8H8N2O3. The van der Waals surface area contributed by atoms with Crippen molar-refractivity contribution in [3.8, 4) is 0 Å². The Morgan fingerprint density at radius 1 is 1.46 bits per heavy atom. The van der Waals surface area contributed by atoms with E-state index in [0.29, 0.717) is 5.39 Å². The Morgan fingerprint density at radius 3 is 2.92 bits per heavy atom. The van der Waals surface area contributed by atoms with Crippen molar-refractivity contribution in [1.82, 2.24) is 10.2 Å². The molecule has 0 aliphatic carbocycles. The molecule has 0 spiro atoms. The summed E-state index contributed by atoms with van der Waals surface area (Å²) in [6, 6.07) is 5.03. The third kappa shape index (κ3) is 1.36. The van der Waals surface area contributed by atoms with Gasteiger partial charge in [-0.2, -0.15) is 5.10 Å². The van der Waals surface area contributed by atoms with Gasteiger partial charge in [-0.1, -0.05) is 6.07 Å². The van der Waals surface area contributed by atoms with Crippen LogP contribution in [0.3, 0.4) is 0 Å². The number of benzene rings is 1. The van der Waals surface area contributed by atoms with Crippen LogP contribution in [0, 0.1) is 0 Å². The Bertz CT molecular complexity index is 436. The van der Waals surface area contributed by atoms with Crippen molar-refractivity contribution in [1.29, 1.82) is 0 Å². The van der Waals surface area contributed by atoms with Crippen molar-refractivity contribution in [3.05, 3.63) is 30.0 Å². The molecule has 0 saturated carbocycles. The highest BCUT2D eigenvalue weighted by molar-refractivity contribution is 6.02. The highest BCUT2D eigenvalue weighted by atomic mass is 16.4. The number of nitrogens with zero attached hydrogens (tertiary/aromatic N) is 1. The molecule has 1 aromatic carbocycles. The molecule has 1 aromatic heterocycles. The van der Waals surface area contributed by atoms with Crippen LogP contribution >= 0.6 is 0 Å². The molecule has 0 aliphatic rings. The second-order valence-corrected chi connectivity index (χ2v) is 2.44. The first-order chi connectivity index (χ1) is 5.79. The van der Waals surface area contributed by atoms with Crippen LogP contribution in [0.4, 0.5) is 0 Å². The monoisotopic (exact) mass is 180 g/mol. The number of carboxylic acid groups (broad SMARTS) is 1. The van der Waals surface area contributed by atoms with Crippen molar-refractivity contribution in [2.24, 2.45) is 0 Å². The number of hydrogen-bond donors (Lipinski definition) is 2. The van der Waals surface area contributed by atoms with Gasteiger partial charge in [0.2, 0.25) is 0 Å². The quantitative estimate of drug-likeness (QED) is 0.666. The molecule has 0 radical (unpaired) electrons. The fourth-order valence-corrected chi connectivity index (χ4v) is 1.15. The van der Waals surface area contributed by atoms with Crippen LogP contribution in [0.2, 0.25) is 0 Å². The van der Waals surface area contributed by atoms with E-state index in [2.05, 4.69) is 10.2 Å². The number of carbonyl (C=O) groups is 1. The summed E-state index contributed by atoms with van der Waals surface area (Å²) in [5.74, 6) is -0.929. The minimum absolute atomic E-state index is 0. The molecule has 0 bridgehead atoms. The van der Waals surface area contributed by atoms with Crippen molar-refractivity contribution in [2.75, 3.05) is 0 Å². The van der Waals surface area contributed by atoms with Gasteiger partial charge < -0.3 is 10.6 Å². The van der Waals surface area contributed by atoms with Gasteiger partial charge >= 0.3 is 5.97 Å². The minimum Gasteiger partial charge on any atom is -0.478 e. The Labute approximate surface area is 73.3 Å². The fraction of sp³-hybridized carbons (Fsp3) is 0. The largest absolute Gasteiger partial charge is 0.478 e. The number of hydrogen-bond acceptors (Lipinski definition) is 2. The lowest BCUT2D eigenvalue weighted by Crippen LogP contribution is -1.95. The molecule has 0 aliphatic heterocycles. The maximum Gasteiger partial charge on any atom is 0.336 e. The van der Waals surface area contributed by atoms with Crippen LogP contribution in [-0.2, 0) is 0 Å². The summed E-state index contributed by atoms with van der Waals surface area (Å²) < 4.78 is 0. The van der Waals surface area contributed by atoms with E-state index in [1.165, 1.54) is 6.20 Å². The van der Waals surface area contributed by atoms with Crippen molar-refractivity contribution in [3.63, 3.8) is 0 Å². The van der Waals surface area contributed by atoms with Gasteiger partial charge in [-0.25, -0.2) is 4.79 Å². The third-order valence-corrected chi connectivity index (χ3v) is 1.72. The van der Waals surface area contributed by atoms with Crippen LogP contribution in [0.1, 0.15) is 10.4 Å². The third-order valence-electron chi connectivity index (χ3n) is 1.72. The summed E-state index contributed by atoms with van der Waals surface area (Å²) in [6.45, 7) is 0. The number of H-pyrrole nitrogens is 1. The predicted molar refractivity (Wildman–Crippen MR) is 46.7 cm³/mol. The van der Waals surface area contributed by atoms with E-state index in [4.69, 9.17) is 5.11 Å². The van der Waals surface area contributed by atoms with Gasteiger partial charge in [0.05, 0.1) is 17.3 Å². The van der Waals surface area contributed by atoms with Crippen LogP contribution in [0.25, 0.3) is 10.9 Å². The smallest absolute Gasteiger partial charge is 0.336 e. The van der Waals surface area contributed by atoms with Crippen LogP contribution in [0.15, 0.2) is 24.4 Å². The number of nitrogens with one attached hydrogen (secondary N) is 1. The minimum atomic E-state index is -0.929. The average Bonchev–Trinajstić information content (AvgIpc) is 2.49. The highest BCUT2D eigenvalue weighted by Crippen LogP contribution is 2.15. The summed E-state index contributed by atoms with van der Waals surface area (Å²) >= 11 is 0. The van der Waals surface area contributed by atoms with E-state index in [9.17, 15) is 4.79 Å². The summed E-state index contributed by atoms with van der Waals surface area (Å²) in [7, 11) is 0. The van der Waals surface area contributed by atoms with Crippen LogP contribution in [-0.4, -0.2) is 26.7 Å². The van der Waals surface area contributed by atoms with Gasteiger partial charge in [-0.15, -0.1) is 0 Å². The molecule has 0 saturated heterocycles. The second-order valence-electron chi connectivity index (χ2n) is 2.44. The topological polar surface area (TPSA) is 97.5 Å². The lowest BCUT2D eigenvalue weighted by molar-refractivity contribution is 0.0699. The molecule has 2 aromatic rings. The summed E-state index contributed by atoms with van der Waals surface area (Å²) in [5, 5.41) is 15.9. The molecule has 0 unspecified atom stereocenters. The Balaban J connectivity index is 0.000000845. The van der Waals surface area contributed by atoms with Crippen molar-refractivity contribution in [2.45, 2.75) is 0 Å². The first kappa shape index (κ1) is 9.21. The predicted octanol–water partition coefficient (Wildman–Crippen LogP) is 0.436. The van der Waals surface area contributed by atoms with Crippen LogP contribution in [0.5, 0.6) is 0 Å². The molecular weight excluding hydrogens is 172 g/mol. The number of aromatic amines is 1. The number of rotatable bonds is 1.